The Morgan fingerprint density at radius 3 is 3.00 bits per heavy atom. The SMILES string of the molecule is O=C(c1cncc(F)c1)N1CCCC1C1CCCN1. The van der Waals surface area contributed by atoms with Crippen molar-refractivity contribution in [2.45, 2.75) is 37.8 Å². The predicted octanol–water partition coefficient (Wildman–Crippen LogP) is 1.58. The maximum absolute atomic E-state index is 13.2. The van der Waals surface area contributed by atoms with Crippen LogP contribution in [0.25, 0.3) is 0 Å². The third-order valence-corrected chi connectivity index (χ3v) is 4.07. The molecule has 1 amide bonds. The fraction of sp³-hybridized carbons (Fsp3) is 0.571. The van der Waals surface area contributed by atoms with Crippen molar-refractivity contribution in [2.75, 3.05) is 13.1 Å². The summed E-state index contributed by atoms with van der Waals surface area (Å²) in [6, 6.07) is 1.92. The van der Waals surface area contributed by atoms with Crippen molar-refractivity contribution in [1.82, 2.24) is 15.2 Å². The van der Waals surface area contributed by atoms with Crippen LogP contribution in [0.2, 0.25) is 0 Å². The van der Waals surface area contributed by atoms with Gasteiger partial charge in [-0.05, 0) is 38.3 Å². The quantitative estimate of drug-likeness (QED) is 0.881. The van der Waals surface area contributed by atoms with Gasteiger partial charge in [0.1, 0.15) is 5.82 Å². The Balaban J connectivity index is 1.78. The molecule has 2 fully saturated rings. The van der Waals surface area contributed by atoms with E-state index in [0.717, 1.165) is 38.5 Å². The summed E-state index contributed by atoms with van der Waals surface area (Å²) in [7, 11) is 0. The Kier molecular flexibility index (Phi) is 3.46. The van der Waals surface area contributed by atoms with Crippen LogP contribution in [-0.2, 0) is 0 Å². The Morgan fingerprint density at radius 1 is 1.37 bits per heavy atom. The zero-order valence-corrected chi connectivity index (χ0v) is 10.8. The third kappa shape index (κ3) is 2.47. The lowest BCUT2D eigenvalue weighted by molar-refractivity contribution is 0.0710. The maximum Gasteiger partial charge on any atom is 0.255 e. The van der Waals surface area contributed by atoms with Crippen LogP contribution in [0.1, 0.15) is 36.0 Å². The van der Waals surface area contributed by atoms with Crippen LogP contribution < -0.4 is 5.32 Å². The molecule has 1 aromatic rings. The molecular weight excluding hydrogens is 245 g/mol. The van der Waals surface area contributed by atoms with Gasteiger partial charge in [0.15, 0.2) is 0 Å². The minimum absolute atomic E-state index is 0.0943. The first kappa shape index (κ1) is 12.5. The summed E-state index contributed by atoms with van der Waals surface area (Å²) in [5.74, 6) is -0.552. The van der Waals surface area contributed by atoms with Gasteiger partial charge >= 0.3 is 0 Å². The van der Waals surface area contributed by atoms with E-state index in [2.05, 4.69) is 10.3 Å². The number of rotatable bonds is 2. The first-order chi connectivity index (χ1) is 9.25. The molecule has 2 aliphatic heterocycles. The second-order valence-electron chi connectivity index (χ2n) is 5.30. The van der Waals surface area contributed by atoms with E-state index in [0.29, 0.717) is 11.6 Å². The Hall–Kier alpha value is -1.49. The van der Waals surface area contributed by atoms with Gasteiger partial charge in [-0.3, -0.25) is 9.78 Å². The number of likely N-dealkylation sites (tertiary alicyclic amines) is 1. The molecule has 2 atom stereocenters. The van der Waals surface area contributed by atoms with Crippen LogP contribution >= 0.6 is 0 Å². The topological polar surface area (TPSA) is 45.2 Å². The van der Waals surface area contributed by atoms with Gasteiger partial charge in [-0.2, -0.15) is 0 Å². The fourth-order valence-corrected chi connectivity index (χ4v) is 3.20. The van der Waals surface area contributed by atoms with E-state index in [-0.39, 0.29) is 11.9 Å². The minimum atomic E-state index is -0.458. The zero-order chi connectivity index (χ0) is 13.2. The van der Waals surface area contributed by atoms with Crippen molar-refractivity contribution < 1.29 is 9.18 Å². The Morgan fingerprint density at radius 2 is 2.26 bits per heavy atom. The third-order valence-electron chi connectivity index (χ3n) is 4.07. The molecule has 0 aliphatic carbocycles. The van der Waals surface area contributed by atoms with Crippen LogP contribution in [-0.4, -0.2) is 41.0 Å². The minimum Gasteiger partial charge on any atom is -0.334 e. The van der Waals surface area contributed by atoms with Crippen molar-refractivity contribution in [1.29, 1.82) is 0 Å². The smallest absolute Gasteiger partial charge is 0.255 e. The lowest BCUT2D eigenvalue weighted by Gasteiger charge is -2.29. The molecule has 0 saturated carbocycles. The first-order valence-corrected chi connectivity index (χ1v) is 6.90. The molecule has 0 spiro atoms. The molecule has 2 saturated heterocycles. The van der Waals surface area contributed by atoms with Crippen LogP contribution in [0.4, 0.5) is 4.39 Å². The normalized spacial score (nSPS) is 26.9. The van der Waals surface area contributed by atoms with Crippen molar-refractivity contribution >= 4 is 5.91 Å². The number of hydrogen-bond acceptors (Lipinski definition) is 3. The Labute approximate surface area is 112 Å². The standard InChI is InChI=1S/C14H18FN3O/c15-11-7-10(8-16-9-11)14(19)18-6-2-4-13(18)12-3-1-5-17-12/h7-9,12-13,17H,1-6H2. The second-order valence-corrected chi connectivity index (χ2v) is 5.30. The highest BCUT2D eigenvalue weighted by Gasteiger charge is 2.36. The number of hydrogen-bond donors (Lipinski definition) is 1. The zero-order valence-electron chi connectivity index (χ0n) is 10.8. The molecule has 1 N–H and O–H groups in total. The summed E-state index contributed by atoms with van der Waals surface area (Å²) in [6.45, 7) is 1.79. The summed E-state index contributed by atoms with van der Waals surface area (Å²) in [4.78, 5) is 18.1. The van der Waals surface area contributed by atoms with Crippen molar-refractivity contribution in [3.05, 3.63) is 29.8 Å². The molecule has 0 bridgehead atoms. The van der Waals surface area contributed by atoms with Gasteiger partial charge in [0.2, 0.25) is 0 Å². The molecule has 5 heteroatoms. The molecule has 3 heterocycles. The number of halogens is 1. The highest BCUT2D eigenvalue weighted by molar-refractivity contribution is 5.94. The first-order valence-electron chi connectivity index (χ1n) is 6.90. The number of nitrogens with zero attached hydrogens (tertiary/aromatic N) is 2. The number of amides is 1. The van der Waals surface area contributed by atoms with Gasteiger partial charge in [-0.25, -0.2) is 4.39 Å². The van der Waals surface area contributed by atoms with Gasteiger partial charge in [-0.1, -0.05) is 0 Å². The number of nitrogens with one attached hydrogen (secondary N) is 1. The van der Waals surface area contributed by atoms with Gasteiger partial charge in [0, 0.05) is 24.8 Å². The lowest BCUT2D eigenvalue weighted by Crippen LogP contribution is -2.46. The van der Waals surface area contributed by atoms with Gasteiger partial charge in [0.25, 0.3) is 5.91 Å². The van der Waals surface area contributed by atoms with E-state index in [1.165, 1.54) is 18.7 Å². The molecule has 102 valence electrons. The molecule has 4 nitrogen and oxygen atoms in total. The molecule has 0 aromatic carbocycles. The molecule has 3 rings (SSSR count). The van der Waals surface area contributed by atoms with Crippen LogP contribution in [0.15, 0.2) is 18.5 Å². The van der Waals surface area contributed by atoms with Gasteiger partial charge in [0.05, 0.1) is 11.8 Å². The van der Waals surface area contributed by atoms with E-state index in [9.17, 15) is 9.18 Å². The van der Waals surface area contributed by atoms with Gasteiger partial charge in [-0.15, -0.1) is 0 Å². The molecule has 0 radical (unpaired) electrons. The molecule has 1 aromatic heterocycles. The average molecular weight is 263 g/mol. The number of aromatic nitrogens is 1. The van der Waals surface area contributed by atoms with Crippen molar-refractivity contribution in [3.63, 3.8) is 0 Å². The number of pyridine rings is 1. The van der Waals surface area contributed by atoms with E-state index < -0.39 is 5.82 Å². The molecule has 2 aliphatic rings. The van der Waals surface area contributed by atoms with Crippen molar-refractivity contribution in [3.8, 4) is 0 Å². The highest BCUT2D eigenvalue weighted by Crippen LogP contribution is 2.26. The highest BCUT2D eigenvalue weighted by atomic mass is 19.1. The molecular formula is C14H18FN3O. The average Bonchev–Trinajstić information content (AvgIpc) is 3.08. The second kappa shape index (κ2) is 5.25. The summed E-state index contributed by atoms with van der Waals surface area (Å²) in [5.41, 5.74) is 0.352. The van der Waals surface area contributed by atoms with E-state index >= 15 is 0 Å². The summed E-state index contributed by atoms with van der Waals surface area (Å²) in [5, 5.41) is 3.46. The maximum atomic E-state index is 13.2. The monoisotopic (exact) mass is 263 g/mol. The van der Waals surface area contributed by atoms with Gasteiger partial charge < -0.3 is 10.2 Å². The number of carbonyl (C=O) groups excluding carboxylic acids is 1. The fourth-order valence-electron chi connectivity index (χ4n) is 3.20. The summed E-state index contributed by atoms with van der Waals surface area (Å²) in [6.07, 6.45) is 6.92. The van der Waals surface area contributed by atoms with E-state index in [1.54, 1.807) is 0 Å². The lowest BCUT2D eigenvalue weighted by atomic mass is 10.0. The Bertz CT molecular complexity index is 474. The van der Waals surface area contributed by atoms with Crippen LogP contribution in [0.3, 0.4) is 0 Å². The van der Waals surface area contributed by atoms with E-state index in [4.69, 9.17) is 0 Å². The summed E-state index contributed by atoms with van der Waals surface area (Å²) < 4.78 is 13.2. The molecule has 19 heavy (non-hydrogen) atoms. The van der Waals surface area contributed by atoms with Crippen molar-refractivity contribution in [2.24, 2.45) is 0 Å². The predicted molar refractivity (Wildman–Crippen MR) is 69.3 cm³/mol. The van der Waals surface area contributed by atoms with E-state index in [1.807, 2.05) is 4.90 Å². The summed E-state index contributed by atoms with van der Waals surface area (Å²) >= 11 is 0. The van der Waals surface area contributed by atoms with Crippen LogP contribution in [0, 0.1) is 5.82 Å². The van der Waals surface area contributed by atoms with Crippen LogP contribution in [0.5, 0.6) is 0 Å². The number of carbonyl (C=O) groups is 1. The largest absolute Gasteiger partial charge is 0.334 e. The molecule has 2 unspecified atom stereocenters.